The van der Waals surface area contributed by atoms with E-state index in [4.69, 9.17) is 11.0 Å². The first-order chi connectivity index (χ1) is 7.58. The molecule has 1 rings (SSSR count). The zero-order valence-corrected chi connectivity index (χ0v) is 10.6. The standard InChI is InChI=1S/C11H16N4S/c1-4-5-9-8(6-12)10(13)15-11(14-9)16-7(2)3/h7H,4-5H2,1-3H3,(H2,13,14,15). The second kappa shape index (κ2) is 5.71. The molecule has 0 aliphatic rings. The van der Waals surface area contributed by atoms with Gasteiger partial charge in [-0.15, -0.1) is 0 Å². The first-order valence-corrected chi connectivity index (χ1v) is 6.19. The molecule has 2 N–H and O–H groups in total. The number of rotatable bonds is 4. The molecule has 4 nitrogen and oxygen atoms in total. The molecule has 5 heteroatoms. The van der Waals surface area contributed by atoms with Crippen molar-refractivity contribution in [1.82, 2.24) is 9.97 Å². The van der Waals surface area contributed by atoms with E-state index >= 15 is 0 Å². The van der Waals surface area contributed by atoms with Crippen LogP contribution >= 0.6 is 11.8 Å². The lowest BCUT2D eigenvalue weighted by Gasteiger charge is -2.08. The van der Waals surface area contributed by atoms with Gasteiger partial charge >= 0.3 is 0 Å². The molecule has 0 aliphatic carbocycles. The minimum absolute atomic E-state index is 0.295. The normalized spacial score (nSPS) is 10.4. The number of nitriles is 1. The second-order valence-corrected chi connectivity index (χ2v) is 5.29. The van der Waals surface area contributed by atoms with Crippen LogP contribution in [0.1, 0.15) is 38.4 Å². The summed E-state index contributed by atoms with van der Waals surface area (Å²) in [6.07, 6.45) is 1.71. The van der Waals surface area contributed by atoms with Crippen molar-refractivity contribution in [1.29, 1.82) is 5.26 Å². The molecule has 0 fully saturated rings. The number of anilines is 1. The predicted molar refractivity (Wildman–Crippen MR) is 66.1 cm³/mol. The minimum Gasteiger partial charge on any atom is -0.382 e. The van der Waals surface area contributed by atoms with Crippen molar-refractivity contribution in [2.45, 2.75) is 44.0 Å². The molecule has 86 valence electrons. The third kappa shape index (κ3) is 3.11. The number of nitrogen functional groups attached to an aromatic ring is 1. The molecule has 1 aromatic heterocycles. The van der Waals surface area contributed by atoms with Crippen LogP contribution in [0.3, 0.4) is 0 Å². The fourth-order valence-electron chi connectivity index (χ4n) is 1.31. The van der Waals surface area contributed by atoms with E-state index in [2.05, 4.69) is 36.8 Å². The summed E-state index contributed by atoms with van der Waals surface area (Å²) in [6.45, 7) is 6.19. The molecule has 0 saturated carbocycles. The molecular formula is C11H16N4S. The number of nitrogens with zero attached hydrogens (tertiary/aromatic N) is 3. The van der Waals surface area contributed by atoms with Crippen molar-refractivity contribution in [2.24, 2.45) is 0 Å². The Morgan fingerprint density at radius 1 is 1.44 bits per heavy atom. The van der Waals surface area contributed by atoms with Crippen LogP contribution in [0.15, 0.2) is 5.16 Å². The highest BCUT2D eigenvalue weighted by Crippen LogP contribution is 2.23. The van der Waals surface area contributed by atoms with Gasteiger partial charge in [0.1, 0.15) is 17.5 Å². The topological polar surface area (TPSA) is 75.6 Å². The zero-order chi connectivity index (χ0) is 12.1. The number of aromatic nitrogens is 2. The van der Waals surface area contributed by atoms with Crippen LogP contribution in [0.5, 0.6) is 0 Å². The van der Waals surface area contributed by atoms with Crippen LogP contribution < -0.4 is 5.73 Å². The molecule has 0 atom stereocenters. The summed E-state index contributed by atoms with van der Waals surface area (Å²) in [6, 6.07) is 2.07. The SMILES string of the molecule is CCCc1nc(SC(C)C)nc(N)c1C#N. The Morgan fingerprint density at radius 3 is 2.62 bits per heavy atom. The molecule has 0 amide bonds. The molecule has 0 bridgehead atoms. The lowest BCUT2D eigenvalue weighted by Crippen LogP contribution is -2.06. The van der Waals surface area contributed by atoms with E-state index in [0.29, 0.717) is 21.8 Å². The molecule has 0 aromatic carbocycles. The van der Waals surface area contributed by atoms with Crippen LogP contribution in [0, 0.1) is 11.3 Å². The quantitative estimate of drug-likeness (QED) is 0.641. The van der Waals surface area contributed by atoms with Crippen molar-refractivity contribution in [3.8, 4) is 6.07 Å². The minimum atomic E-state index is 0.295. The van der Waals surface area contributed by atoms with Crippen LogP contribution in [0.25, 0.3) is 0 Å². The molecule has 0 unspecified atom stereocenters. The second-order valence-electron chi connectivity index (χ2n) is 3.74. The van der Waals surface area contributed by atoms with E-state index in [-0.39, 0.29) is 0 Å². The molecule has 1 heterocycles. The van der Waals surface area contributed by atoms with Crippen molar-refractivity contribution in [3.63, 3.8) is 0 Å². The fraction of sp³-hybridized carbons (Fsp3) is 0.545. The maximum absolute atomic E-state index is 8.98. The highest BCUT2D eigenvalue weighted by Gasteiger charge is 2.12. The molecular weight excluding hydrogens is 220 g/mol. The highest BCUT2D eigenvalue weighted by molar-refractivity contribution is 7.99. The summed E-state index contributed by atoms with van der Waals surface area (Å²) in [5.74, 6) is 0.295. The van der Waals surface area contributed by atoms with Gasteiger partial charge in [0.25, 0.3) is 0 Å². The van der Waals surface area contributed by atoms with Gasteiger partial charge in [-0.1, -0.05) is 39.0 Å². The highest BCUT2D eigenvalue weighted by atomic mass is 32.2. The van der Waals surface area contributed by atoms with Crippen LogP contribution in [0.4, 0.5) is 5.82 Å². The number of hydrogen-bond donors (Lipinski definition) is 1. The average molecular weight is 236 g/mol. The van der Waals surface area contributed by atoms with E-state index in [1.807, 2.05) is 0 Å². The zero-order valence-electron chi connectivity index (χ0n) is 9.82. The van der Waals surface area contributed by atoms with Gasteiger partial charge in [0.05, 0.1) is 5.69 Å². The first-order valence-electron chi connectivity index (χ1n) is 5.31. The van der Waals surface area contributed by atoms with E-state index < -0.39 is 0 Å². The number of nitrogens with two attached hydrogens (primary N) is 1. The van der Waals surface area contributed by atoms with Gasteiger partial charge in [0, 0.05) is 5.25 Å². The van der Waals surface area contributed by atoms with Crippen LogP contribution in [-0.4, -0.2) is 15.2 Å². The van der Waals surface area contributed by atoms with Gasteiger partial charge in [-0.3, -0.25) is 0 Å². The van der Waals surface area contributed by atoms with Crippen molar-refractivity contribution in [2.75, 3.05) is 5.73 Å². The monoisotopic (exact) mass is 236 g/mol. The molecule has 0 spiro atoms. The van der Waals surface area contributed by atoms with Gasteiger partial charge in [-0.05, 0) is 6.42 Å². The molecule has 16 heavy (non-hydrogen) atoms. The van der Waals surface area contributed by atoms with Crippen LogP contribution in [0.2, 0.25) is 0 Å². The van der Waals surface area contributed by atoms with Gasteiger partial charge in [0.15, 0.2) is 5.16 Å². The van der Waals surface area contributed by atoms with E-state index in [1.54, 1.807) is 11.8 Å². The fourth-order valence-corrected chi connectivity index (χ4v) is 2.04. The third-order valence-electron chi connectivity index (χ3n) is 1.93. The maximum atomic E-state index is 8.98. The summed E-state index contributed by atoms with van der Waals surface area (Å²) in [5.41, 5.74) is 6.94. The van der Waals surface area contributed by atoms with E-state index in [1.165, 1.54) is 0 Å². The largest absolute Gasteiger partial charge is 0.382 e. The summed E-state index contributed by atoms with van der Waals surface area (Å²) < 4.78 is 0. The van der Waals surface area contributed by atoms with Gasteiger partial charge in [-0.2, -0.15) is 5.26 Å². The average Bonchev–Trinajstić information content (AvgIpc) is 2.16. The van der Waals surface area contributed by atoms with E-state index in [9.17, 15) is 0 Å². The van der Waals surface area contributed by atoms with Gasteiger partial charge in [0.2, 0.25) is 0 Å². The molecule has 0 radical (unpaired) electrons. The Morgan fingerprint density at radius 2 is 2.12 bits per heavy atom. The number of aryl methyl sites for hydroxylation is 1. The lowest BCUT2D eigenvalue weighted by atomic mass is 10.1. The lowest BCUT2D eigenvalue weighted by molar-refractivity contribution is 0.824. The smallest absolute Gasteiger partial charge is 0.190 e. The Bertz CT molecular complexity index is 409. The van der Waals surface area contributed by atoms with Crippen molar-refractivity contribution >= 4 is 17.6 Å². The van der Waals surface area contributed by atoms with Crippen LogP contribution in [-0.2, 0) is 6.42 Å². The van der Waals surface area contributed by atoms with E-state index in [0.717, 1.165) is 18.5 Å². The Kier molecular flexibility index (Phi) is 4.56. The summed E-state index contributed by atoms with van der Waals surface area (Å²) in [4.78, 5) is 8.52. The van der Waals surface area contributed by atoms with Gasteiger partial charge in [-0.25, -0.2) is 9.97 Å². The summed E-state index contributed by atoms with van der Waals surface area (Å²) in [7, 11) is 0. The Labute approximate surface area is 100 Å². The third-order valence-corrected chi connectivity index (χ3v) is 2.80. The molecule has 1 aromatic rings. The Hall–Kier alpha value is -1.28. The summed E-state index contributed by atoms with van der Waals surface area (Å²) >= 11 is 1.56. The van der Waals surface area contributed by atoms with Crippen molar-refractivity contribution < 1.29 is 0 Å². The summed E-state index contributed by atoms with van der Waals surface area (Å²) in [5, 5.41) is 10.0. The predicted octanol–water partition coefficient (Wildman–Crippen LogP) is 2.38. The van der Waals surface area contributed by atoms with Crippen molar-refractivity contribution in [3.05, 3.63) is 11.3 Å². The Balaban J connectivity index is 3.13. The number of thioether (sulfide) groups is 1. The number of hydrogen-bond acceptors (Lipinski definition) is 5. The van der Waals surface area contributed by atoms with Gasteiger partial charge < -0.3 is 5.73 Å². The maximum Gasteiger partial charge on any atom is 0.190 e. The molecule has 0 saturated heterocycles. The first kappa shape index (κ1) is 12.8. The molecule has 0 aliphatic heterocycles.